The topological polar surface area (TPSA) is 55.4 Å². The zero-order valence-corrected chi connectivity index (χ0v) is 15.8. The van der Waals surface area contributed by atoms with Crippen LogP contribution < -0.4 is 5.32 Å². The highest BCUT2D eigenvalue weighted by atomic mass is 16.5. The van der Waals surface area contributed by atoms with Crippen LogP contribution >= 0.6 is 0 Å². The van der Waals surface area contributed by atoms with E-state index in [1.165, 1.54) is 5.56 Å². The van der Waals surface area contributed by atoms with Gasteiger partial charge in [0.15, 0.2) is 6.61 Å². The van der Waals surface area contributed by atoms with Crippen LogP contribution in [0, 0.1) is 0 Å². The van der Waals surface area contributed by atoms with E-state index in [-0.39, 0.29) is 12.5 Å². The van der Waals surface area contributed by atoms with Crippen molar-refractivity contribution >= 4 is 17.6 Å². The van der Waals surface area contributed by atoms with E-state index in [1.807, 2.05) is 84.9 Å². The molecule has 0 aliphatic rings. The van der Waals surface area contributed by atoms with Crippen LogP contribution in [0.2, 0.25) is 0 Å². The number of carbonyl (C=O) groups is 2. The maximum atomic E-state index is 12.8. The Hall–Kier alpha value is -3.40. The van der Waals surface area contributed by atoms with Gasteiger partial charge in [-0.05, 0) is 35.2 Å². The average Bonchev–Trinajstić information content (AvgIpc) is 2.74. The Morgan fingerprint density at radius 2 is 1.36 bits per heavy atom. The predicted molar refractivity (Wildman–Crippen MR) is 110 cm³/mol. The second kappa shape index (κ2) is 9.51. The number of benzene rings is 3. The summed E-state index contributed by atoms with van der Waals surface area (Å²) in [6, 6.07) is 26.5. The molecule has 3 rings (SSSR count). The van der Waals surface area contributed by atoms with Crippen molar-refractivity contribution < 1.29 is 14.3 Å². The van der Waals surface area contributed by atoms with Crippen molar-refractivity contribution in [1.82, 2.24) is 0 Å². The van der Waals surface area contributed by atoms with Crippen LogP contribution in [0.15, 0.2) is 84.9 Å². The van der Waals surface area contributed by atoms with Crippen molar-refractivity contribution in [2.75, 3.05) is 11.9 Å². The normalized spacial score (nSPS) is 10.5. The third-order valence-electron chi connectivity index (χ3n) is 4.49. The number of ether oxygens (including phenoxy) is 1. The Morgan fingerprint density at radius 1 is 0.821 bits per heavy atom. The first-order chi connectivity index (χ1) is 13.7. The monoisotopic (exact) mass is 373 g/mol. The number of rotatable bonds is 7. The molecule has 0 fully saturated rings. The van der Waals surface area contributed by atoms with Crippen molar-refractivity contribution in [3.63, 3.8) is 0 Å². The Balaban J connectivity index is 1.65. The summed E-state index contributed by atoms with van der Waals surface area (Å²) in [5.41, 5.74) is 3.53. The minimum Gasteiger partial charge on any atom is -0.455 e. The Kier molecular flexibility index (Phi) is 6.58. The number of aryl methyl sites for hydroxylation is 1. The van der Waals surface area contributed by atoms with E-state index in [9.17, 15) is 9.59 Å². The molecule has 0 heterocycles. The van der Waals surface area contributed by atoms with Crippen molar-refractivity contribution in [3.05, 3.63) is 102 Å². The summed E-state index contributed by atoms with van der Waals surface area (Å²) < 4.78 is 5.34. The van der Waals surface area contributed by atoms with Gasteiger partial charge in [-0.3, -0.25) is 9.59 Å². The first kappa shape index (κ1) is 19.4. The molecule has 3 aromatic rings. The van der Waals surface area contributed by atoms with Crippen molar-refractivity contribution in [1.29, 1.82) is 0 Å². The molecule has 1 N–H and O–H groups in total. The number of nitrogens with one attached hydrogen (secondary N) is 1. The van der Waals surface area contributed by atoms with Gasteiger partial charge in [-0.25, -0.2) is 0 Å². The second-order valence-electron chi connectivity index (χ2n) is 6.46. The molecule has 0 bridgehead atoms. The molecule has 142 valence electrons. The van der Waals surface area contributed by atoms with Crippen molar-refractivity contribution in [2.24, 2.45) is 0 Å². The number of amides is 1. The summed E-state index contributed by atoms with van der Waals surface area (Å²) >= 11 is 0. The molecular weight excluding hydrogens is 350 g/mol. The van der Waals surface area contributed by atoms with Crippen LogP contribution in [0.3, 0.4) is 0 Å². The molecule has 0 saturated carbocycles. The summed E-state index contributed by atoms with van der Waals surface area (Å²) in [5, 5.41) is 2.75. The highest BCUT2D eigenvalue weighted by Crippen LogP contribution is 2.26. The van der Waals surface area contributed by atoms with E-state index in [2.05, 4.69) is 12.2 Å². The lowest BCUT2D eigenvalue weighted by Crippen LogP contribution is -2.24. The van der Waals surface area contributed by atoms with E-state index in [0.717, 1.165) is 17.5 Å². The number of carbonyl (C=O) groups excluding carboxylic acids is 2. The van der Waals surface area contributed by atoms with Gasteiger partial charge in [0.1, 0.15) is 5.92 Å². The van der Waals surface area contributed by atoms with Crippen molar-refractivity contribution in [2.45, 2.75) is 19.3 Å². The number of hydrogen-bond acceptors (Lipinski definition) is 3. The van der Waals surface area contributed by atoms with Gasteiger partial charge < -0.3 is 10.1 Å². The smallest absolute Gasteiger partial charge is 0.318 e. The minimum absolute atomic E-state index is 0.329. The van der Waals surface area contributed by atoms with Gasteiger partial charge in [0.2, 0.25) is 0 Å². The molecule has 3 aromatic carbocycles. The van der Waals surface area contributed by atoms with Crippen LogP contribution in [0.5, 0.6) is 0 Å². The van der Waals surface area contributed by atoms with E-state index in [4.69, 9.17) is 4.74 Å². The molecule has 0 aliphatic heterocycles. The number of esters is 1. The van der Waals surface area contributed by atoms with E-state index < -0.39 is 11.9 Å². The molecule has 0 radical (unpaired) electrons. The highest BCUT2D eigenvalue weighted by Gasteiger charge is 2.24. The Labute approximate surface area is 165 Å². The molecular formula is C24H23NO3. The minimum atomic E-state index is -0.570. The fourth-order valence-corrected chi connectivity index (χ4v) is 3.00. The fourth-order valence-electron chi connectivity index (χ4n) is 3.00. The van der Waals surface area contributed by atoms with Crippen LogP contribution in [0.1, 0.15) is 29.5 Å². The maximum Gasteiger partial charge on any atom is 0.318 e. The quantitative estimate of drug-likeness (QED) is 0.618. The van der Waals surface area contributed by atoms with Crippen LogP contribution in [0.25, 0.3) is 0 Å². The summed E-state index contributed by atoms with van der Waals surface area (Å²) in [7, 11) is 0. The zero-order chi connectivity index (χ0) is 19.8. The molecule has 28 heavy (non-hydrogen) atoms. The van der Waals surface area contributed by atoms with Gasteiger partial charge in [-0.2, -0.15) is 0 Å². The van der Waals surface area contributed by atoms with Crippen LogP contribution in [-0.4, -0.2) is 18.5 Å². The molecule has 0 atom stereocenters. The zero-order valence-electron chi connectivity index (χ0n) is 15.8. The number of anilines is 1. The summed E-state index contributed by atoms with van der Waals surface area (Å²) in [6.45, 7) is 1.74. The summed E-state index contributed by atoms with van der Waals surface area (Å²) in [5.74, 6) is -1.38. The summed E-state index contributed by atoms with van der Waals surface area (Å²) in [6.07, 6.45) is 0.937. The Morgan fingerprint density at radius 3 is 1.86 bits per heavy atom. The lowest BCUT2D eigenvalue weighted by atomic mass is 9.91. The number of hydrogen-bond donors (Lipinski definition) is 1. The molecule has 4 heteroatoms. The average molecular weight is 373 g/mol. The van der Waals surface area contributed by atoms with E-state index in [0.29, 0.717) is 5.69 Å². The van der Waals surface area contributed by atoms with Gasteiger partial charge >= 0.3 is 5.97 Å². The third-order valence-corrected chi connectivity index (χ3v) is 4.49. The lowest BCUT2D eigenvalue weighted by Gasteiger charge is -2.17. The van der Waals surface area contributed by atoms with E-state index in [1.54, 1.807) is 0 Å². The Bertz CT molecular complexity index is 866. The molecule has 0 saturated heterocycles. The molecule has 0 aromatic heterocycles. The molecule has 4 nitrogen and oxygen atoms in total. The SMILES string of the molecule is CCc1ccc(NC(=O)COC(=O)C(c2ccccc2)c2ccccc2)cc1. The standard InChI is InChI=1S/C24H23NO3/c1-2-18-13-15-21(16-14-18)25-22(26)17-28-24(27)23(19-9-5-3-6-10-19)20-11-7-4-8-12-20/h3-16,23H,2,17H2,1H3,(H,25,26). The van der Waals surface area contributed by atoms with E-state index >= 15 is 0 Å². The highest BCUT2D eigenvalue weighted by molar-refractivity contribution is 5.93. The molecule has 0 aliphatic carbocycles. The second-order valence-corrected chi connectivity index (χ2v) is 6.46. The largest absolute Gasteiger partial charge is 0.455 e. The molecule has 1 amide bonds. The maximum absolute atomic E-state index is 12.8. The van der Waals surface area contributed by atoms with Gasteiger partial charge in [0, 0.05) is 5.69 Å². The van der Waals surface area contributed by atoms with Crippen molar-refractivity contribution in [3.8, 4) is 0 Å². The lowest BCUT2D eigenvalue weighted by molar-refractivity contribution is -0.147. The van der Waals surface area contributed by atoms with Gasteiger partial charge in [0.05, 0.1) is 0 Å². The molecule has 0 unspecified atom stereocenters. The first-order valence-corrected chi connectivity index (χ1v) is 9.32. The summed E-state index contributed by atoms with van der Waals surface area (Å²) in [4.78, 5) is 25.0. The van der Waals surface area contributed by atoms with Crippen LogP contribution in [-0.2, 0) is 20.7 Å². The van der Waals surface area contributed by atoms with Gasteiger partial charge in [-0.1, -0.05) is 79.7 Å². The predicted octanol–water partition coefficient (Wildman–Crippen LogP) is 4.56. The molecule has 0 spiro atoms. The fraction of sp³-hybridized carbons (Fsp3) is 0.167. The van der Waals surface area contributed by atoms with Crippen LogP contribution in [0.4, 0.5) is 5.69 Å². The third kappa shape index (κ3) is 5.07. The first-order valence-electron chi connectivity index (χ1n) is 9.32. The van der Waals surface area contributed by atoms with Gasteiger partial charge in [-0.15, -0.1) is 0 Å². The van der Waals surface area contributed by atoms with Gasteiger partial charge in [0.25, 0.3) is 5.91 Å².